The largest absolute Gasteiger partial charge is 0.380 e. The van der Waals surface area contributed by atoms with Crippen LogP contribution in [-0.4, -0.2) is 12.1 Å². The monoisotopic (exact) mass is 249 g/mol. The molecule has 0 aromatic heterocycles. The van der Waals surface area contributed by atoms with Crippen LogP contribution >= 0.6 is 11.6 Å². The van der Waals surface area contributed by atoms with Gasteiger partial charge in [-0.1, -0.05) is 24.4 Å². The van der Waals surface area contributed by atoms with Gasteiger partial charge in [-0.25, -0.2) is 0 Å². The first-order chi connectivity index (χ1) is 8.20. The predicted octanol–water partition coefficient (Wildman–Crippen LogP) is 2.89. The molecular weight excluding hydrogens is 234 g/mol. The van der Waals surface area contributed by atoms with Gasteiger partial charge in [0, 0.05) is 17.1 Å². The molecule has 1 aliphatic carbocycles. The van der Waals surface area contributed by atoms with Gasteiger partial charge in [-0.15, -0.1) is 0 Å². The van der Waals surface area contributed by atoms with E-state index in [2.05, 4.69) is 11.4 Å². The highest BCUT2D eigenvalue weighted by Crippen LogP contribution is 2.25. The molecule has 90 valence electrons. The highest BCUT2D eigenvalue weighted by Gasteiger charge is 2.22. The second-order valence-corrected chi connectivity index (χ2v) is 4.94. The number of benzene rings is 1. The molecule has 2 rings (SSSR count). The molecule has 0 saturated heterocycles. The second-order valence-electron chi connectivity index (χ2n) is 4.50. The number of nitrogens with zero attached hydrogens (tertiary/aromatic N) is 1. The SMILES string of the molecule is N#Cc1ccc(Cl)cc1N[C@@H]1CCCC[C@H]1N. The Labute approximate surface area is 107 Å². The van der Waals surface area contributed by atoms with Gasteiger partial charge in [0.2, 0.25) is 0 Å². The van der Waals surface area contributed by atoms with Gasteiger partial charge in [0.15, 0.2) is 0 Å². The number of nitrogens with one attached hydrogen (secondary N) is 1. The van der Waals surface area contributed by atoms with E-state index in [0.717, 1.165) is 18.5 Å². The van der Waals surface area contributed by atoms with Gasteiger partial charge in [-0.05, 0) is 31.0 Å². The predicted molar refractivity (Wildman–Crippen MR) is 70.0 cm³/mol. The van der Waals surface area contributed by atoms with Crippen LogP contribution < -0.4 is 11.1 Å². The zero-order chi connectivity index (χ0) is 12.3. The Kier molecular flexibility index (Phi) is 3.88. The molecule has 0 spiro atoms. The maximum atomic E-state index is 9.04. The zero-order valence-electron chi connectivity index (χ0n) is 9.62. The van der Waals surface area contributed by atoms with Gasteiger partial charge in [-0.3, -0.25) is 0 Å². The van der Waals surface area contributed by atoms with Crippen LogP contribution in [0.3, 0.4) is 0 Å². The van der Waals surface area contributed by atoms with Crippen molar-refractivity contribution in [2.45, 2.75) is 37.8 Å². The Hall–Kier alpha value is -1.24. The topological polar surface area (TPSA) is 61.8 Å². The summed E-state index contributed by atoms with van der Waals surface area (Å²) in [6, 6.07) is 7.83. The van der Waals surface area contributed by atoms with Crippen LogP contribution in [0.25, 0.3) is 0 Å². The first-order valence-corrected chi connectivity index (χ1v) is 6.30. The summed E-state index contributed by atoms with van der Waals surface area (Å²) >= 11 is 5.95. The molecule has 1 fully saturated rings. The average molecular weight is 250 g/mol. The van der Waals surface area contributed by atoms with E-state index in [1.165, 1.54) is 12.8 Å². The minimum Gasteiger partial charge on any atom is -0.380 e. The highest BCUT2D eigenvalue weighted by atomic mass is 35.5. The van der Waals surface area contributed by atoms with E-state index in [-0.39, 0.29) is 12.1 Å². The number of rotatable bonds is 2. The van der Waals surface area contributed by atoms with E-state index < -0.39 is 0 Å². The quantitative estimate of drug-likeness (QED) is 0.847. The summed E-state index contributed by atoms with van der Waals surface area (Å²) < 4.78 is 0. The Balaban J connectivity index is 2.17. The smallest absolute Gasteiger partial charge is 0.101 e. The molecular formula is C13H16ClN3. The summed E-state index contributed by atoms with van der Waals surface area (Å²) in [5, 5.41) is 13.0. The van der Waals surface area contributed by atoms with Gasteiger partial charge in [0.05, 0.1) is 11.3 Å². The van der Waals surface area contributed by atoms with E-state index >= 15 is 0 Å². The molecule has 0 heterocycles. The lowest BCUT2D eigenvalue weighted by Gasteiger charge is -2.30. The number of nitriles is 1. The van der Waals surface area contributed by atoms with Crippen molar-refractivity contribution in [2.24, 2.45) is 5.73 Å². The van der Waals surface area contributed by atoms with Crippen molar-refractivity contribution in [3.05, 3.63) is 28.8 Å². The molecule has 1 saturated carbocycles. The Morgan fingerprint density at radius 3 is 2.82 bits per heavy atom. The van der Waals surface area contributed by atoms with Crippen molar-refractivity contribution in [3.63, 3.8) is 0 Å². The van der Waals surface area contributed by atoms with Crippen LogP contribution in [0.1, 0.15) is 31.2 Å². The van der Waals surface area contributed by atoms with Crippen LogP contribution in [0.2, 0.25) is 5.02 Å². The van der Waals surface area contributed by atoms with Gasteiger partial charge >= 0.3 is 0 Å². The van der Waals surface area contributed by atoms with Crippen LogP contribution in [0.15, 0.2) is 18.2 Å². The van der Waals surface area contributed by atoms with E-state index in [9.17, 15) is 0 Å². The fourth-order valence-corrected chi connectivity index (χ4v) is 2.44. The lowest BCUT2D eigenvalue weighted by Crippen LogP contribution is -2.42. The normalized spacial score (nSPS) is 24.1. The van der Waals surface area contributed by atoms with Crippen molar-refractivity contribution < 1.29 is 0 Å². The number of hydrogen-bond acceptors (Lipinski definition) is 3. The average Bonchev–Trinajstić information content (AvgIpc) is 2.32. The molecule has 2 atom stereocenters. The van der Waals surface area contributed by atoms with Gasteiger partial charge < -0.3 is 11.1 Å². The Bertz CT molecular complexity index is 439. The number of hydrogen-bond donors (Lipinski definition) is 2. The van der Waals surface area contributed by atoms with Crippen molar-refractivity contribution in [2.75, 3.05) is 5.32 Å². The molecule has 17 heavy (non-hydrogen) atoms. The number of halogens is 1. The molecule has 0 amide bonds. The third-order valence-electron chi connectivity index (χ3n) is 3.26. The summed E-state index contributed by atoms with van der Waals surface area (Å²) in [7, 11) is 0. The first kappa shape index (κ1) is 12.2. The number of anilines is 1. The summed E-state index contributed by atoms with van der Waals surface area (Å²) in [5.41, 5.74) is 7.49. The molecule has 0 bridgehead atoms. The summed E-state index contributed by atoms with van der Waals surface area (Å²) in [4.78, 5) is 0. The number of nitrogens with two attached hydrogens (primary N) is 1. The highest BCUT2D eigenvalue weighted by molar-refractivity contribution is 6.30. The Morgan fingerprint density at radius 2 is 2.12 bits per heavy atom. The van der Waals surface area contributed by atoms with E-state index in [0.29, 0.717) is 10.6 Å². The molecule has 4 heteroatoms. The van der Waals surface area contributed by atoms with E-state index in [1.54, 1.807) is 18.2 Å². The fraction of sp³-hybridized carbons (Fsp3) is 0.462. The summed E-state index contributed by atoms with van der Waals surface area (Å²) in [5.74, 6) is 0. The van der Waals surface area contributed by atoms with Crippen LogP contribution in [0.5, 0.6) is 0 Å². The third kappa shape index (κ3) is 2.91. The molecule has 0 aliphatic heterocycles. The molecule has 1 aromatic rings. The molecule has 3 N–H and O–H groups in total. The van der Waals surface area contributed by atoms with Crippen molar-refractivity contribution in [3.8, 4) is 6.07 Å². The van der Waals surface area contributed by atoms with Crippen molar-refractivity contribution >= 4 is 17.3 Å². The molecule has 1 aliphatic rings. The van der Waals surface area contributed by atoms with Gasteiger partial charge in [-0.2, -0.15) is 5.26 Å². The van der Waals surface area contributed by atoms with Crippen molar-refractivity contribution in [1.82, 2.24) is 0 Å². The van der Waals surface area contributed by atoms with E-state index in [1.807, 2.05) is 0 Å². The fourth-order valence-electron chi connectivity index (χ4n) is 2.27. The Morgan fingerprint density at radius 1 is 1.35 bits per heavy atom. The van der Waals surface area contributed by atoms with Gasteiger partial charge in [0.1, 0.15) is 6.07 Å². The summed E-state index contributed by atoms with van der Waals surface area (Å²) in [6.07, 6.45) is 4.48. The molecule has 1 aromatic carbocycles. The zero-order valence-corrected chi connectivity index (χ0v) is 10.4. The first-order valence-electron chi connectivity index (χ1n) is 5.92. The second kappa shape index (κ2) is 5.39. The van der Waals surface area contributed by atoms with Crippen LogP contribution in [-0.2, 0) is 0 Å². The maximum Gasteiger partial charge on any atom is 0.101 e. The van der Waals surface area contributed by atoms with Gasteiger partial charge in [0.25, 0.3) is 0 Å². The summed E-state index contributed by atoms with van der Waals surface area (Å²) in [6.45, 7) is 0. The van der Waals surface area contributed by atoms with E-state index in [4.69, 9.17) is 22.6 Å². The minimum atomic E-state index is 0.161. The lowest BCUT2D eigenvalue weighted by molar-refractivity contribution is 0.404. The molecule has 0 unspecified atom stereocenters. The minimum absolute atomic E-state index is 0.161. The molecule has 3 nitrogen and oxygen atoms in total. The molecule has 0 radical (unpaired) electrons. The third-order valence-corrected chi connectivity index (χ3v) is 3.50. The standard InChI is InChI=1S/C13H16ClN3/c14-10-6-5-9(8-15)13(7-10)17-12-4-2-1-3-11(12)16/h5-7,11-12,17H,1-4,16H2/t11-,12-/m1/s1. The van der Waals surface area contributed by atoms with Crippen molar-refractivity contribution in [1.29, 1.82) is 5.26 Å². The van der Waals surface area contributed by atoms with Crippen LogP contribution in [0.4, 0.5) is 5.69 Å². The maximum absolute atomic E-state index is 9.04. The van der Waals surface area contributed by atoms with Crippen LogP contribution in [0, 0.1) is 11.3 Å². The lowest BCUT2D eigenvalue weighted by atomic mass is 9.90.